The van der Waals surface area contributed by atoms with Crippen molar-refractivity contribution in [2.75, 3.05) is 19.8 Å². The van der Waals surface area contributed by atoms with Crippen LogP contribution in [0.4, 0.5) is 13.2 Å². The Bertz CT molecular complexity index is 332. The number of morpholine rings is 1. The summed E-state index contributed by atoms with van der Waals surface area (Å²) in [6.45, 7) is 1.31. The van der Waals surface area contributed by atoms with Crippen LogP contribution in [-0.4, -0.2) is 30.0 Å². The van der Waals surface area contributed by atoms with Crippen LogP contribution in [0.3, 0.4) is 0 Å². The zero-order valence-electron chi connectivity index (χ0n) is 7.54. The summed E-state index contributed by atoms with van der Waals surface area (Å²) in [6, 6.07) is -0.456. The zero-order chi connectivity index (χ0) is 10.9. The van der Waals surface area contributed by atoms with Crippen LogP contribution in [0.2, 0.25) is 0 Å². The molecule has 2 rings (SSSR count). The molecule has 0 spiro atoms. The van der Waals surface area contributed by atoms with Gasteiger partial charge in [0.2, 0.25) is 5.89 Å². The Labute approximate surface area is 82.6 Å². The van der Waals surface area contributed by atoms with E-state index in [2.05, 4.69) is 19.9 Å². The topological polar surface area (TPSA) is 60.2 Å². The quantitative estimate of drug-likeness (QED) is 0.761. The highest BCUT2D eigenvalue weighted by molar-refractivity contribution is 4.93. The Morgan fingerprint density at radius 3 is 2.67 bits per heavy atom. The van der Waals surface area contributed by atoms with E-state index in [1.54, 1.807) is 0 Å². The monoisotopic (exact) mass is 223 g/mol. The molecule has 5 nitrogen and oxygen atoms in total. The van der Waals surface area contributed by atoms with E-state index < -0.39 is 18.1 Å². The van der Waals surface area contributed by atoms with Crippen molar-refractivity contribution in [2.45, 2.75) is 12.2 Å². The first-order valence-corrected chi connectivity index (χ1v) is 4.29. The molecular weight excluding hydrogens is 215 g/mol. The highest BCUT2D eigenvalue weighted by atomic mass is 19.4. The zero-order valence-corrected chi connectivity index (χ0v) is 7.54. The number of rotatable bonds is 1. The average Bonchev–Trinajstić information content (AvgIpc) is 2.67. The standard InChI is InChI=1S/C7H8F3N3O2/c8-7(9,10)6-13-12-5(15-6)4-3-14-2-1-11-4/h4,11H,1-3H2. The van der Waals surface area contributed by atoms with Crippen molar-refractivity contribution in [1.29, 1.82) is 0 Å². The van der Waals surface area contributed by atoms with Crippen LogP contribution < -0.4 is 5.32 Å². The van der Waals surface area contributed by atoms with E-state index in [0.29, 0.717) is 13.2 Å². The van der Waals surface area contributed by atoms with E-state index in [1.807, 2.05) is 0 Å². The SMILES string of the molecule is FC(F)(F)c1nnc(C2COCCN2)o1. The van der Waals surface area contributed by atoms with Gasteiger partial charge < -0.3 is 14.5 Å². The smallest absolute Gasteiger partial charge is 0.416 e. The third kappa shape index (κ3) is 2.26. The Kier molecular flexibility index (Phi) is 2.61. The molecule has 2 heterocycles. The van der Waals surface area contributed by atoms with Gasteiger partial charge in [-0.25, -0.2) is 0 Å². The molecule has 1 atom stereocenters. The predicted octanol–water partition coefficient (Wildman–Crippen LogP) is 0.749. The fourth-order valence-corrected chi connectivity index (χ4v) is 1.21. The van der Waals surface area contributed by atoms with E-state index in [-0.39, 0.29) is 12.5 Å². The van der Waals surface area contributed by atoms with Crippen LogP contribution >= 0.6 is 0 Å². The van der Waals surface area contributed by atoms with E-state index in [0.717, 1.165) is 0 Å². The van der Waals surface area contributed by atoms with E-state index in [4.69, 9.17) is 4.74 Å². The number of aromatic nitrogens is 2. The number of ether oxygens (including phenoxy) is 1. The molecule has 0 amide bonds. The van der Waals surface area contributed by atoms with Gasteiger partial charge in [-0.2, -0.15) is 13.2 Å². The van der Waals surface area contributed by atoms with Gasteiger partial charge in [0.25, 0.3) is 0 Å². The first kappa shape index (κ1) is 10.4. The third-order valence-electron chi connectivity index (χ3n) is 1.90. The number of nitrogens with one attached hydrogen (secondary N) is 1. The Morgan fingerprint density at radius 1 is 1.33 bits per heavy atom. The first-order chi connectivity index (χ1) is 7.07. The number of nitrogens with zero attached hydrogens (tertiary/aromatic N) is 2. The predicted molar refractivity (Wildman–Crippen MR) is 40.9 cm³/mol. The highest BCUT2D eigenvalue weighted by Gasteiger charge is 2.39. The van der Waals surface area contributed by atoms with Gasteiger partial charge in [0.1, 0.15) is 6.04 Å². The fraction of sp³-hybridized carbons (Fsp3) is 0.714. The van der Waals surface area contributed by atoms with Crippen molar-refractivity contribution >= 4 is 0 Å². The highest BCUT2D eigenvalue weighted by Crippen LogP contribution is 2.29. The summed E-state index contributed by atoms with van der Waals surface area (Å²) in [7, 11) is 0. The van der Waals surface area contributed by atoms with Crippen molar-refractivity contribution in [2.24, 2.45) is 0 Å². The van der Waals surface area contributed by atoms with Gasteiger partial charge in [-0.15, -0.1) is 10.2 Å². The molecule has 8 heteroatoms. The molecule has 0 aromatic carbocycles. The van der Waals surface area contributed by atoms with E-state index >= 15 is 0 Å². The molecule has 84 valence electrons. The summed E-state index contributed by atoms with van der Waals surface area (Å²) in [5.74, 6) is -1.42. The summed E-state index contributed by atoms with van der Waals surface area (Å²) in [5.41, 5.74) is 0. The van der Waals surface area contributed by atoms with Crippen molar-refractivity contribution < 1.29 is 22.3 Å². The molecule has 1 aromatic heterocycles. The largest absolute Gasteiger partial charge is 0.470 e. The van der Waals surface area contributed by atoms with Crippen LogP contribution in [-0.2, 0) is 10.9 Å². The van der Waals surface area contributed by atoms with Gasteiger partial charge in [-0.05, 0) is 0 Å². The molecule has 0 aliphatic carbocycles. The van der Waals surface area contributed by atoms with Crippen molar-refractivity contribution in [1.82, 2.24) is 15.5 Å². The number of alkyl halides is 3. The molecule has 1 aliphatic heterocycles. The maximum atomic E-state index is 12.1. The summed E-state index contributed by atoms with van der Waals surface area (Å²) < 4.78 is 45.9. The second-order valence-corrected chi connectivity index (χ2v) is 3.02. The number of halogens is 3. The lowest BCUT2D eigenvalue weighted by Gasteiger charge is -2.20. The summed E-state index contributed by atoms with van der Waals surface area (Å²) in [6.07, 6.45) is -4.60. The van der Waals surface area contributed by atoms with Gasteiger partial charge in [0.15, 0.2) is 0 Å². The van der Waals surface area contributed by atoms with Gasteiger partial charge >= 0.3 is 12.1 Å². The minimum Gasteiger partial charge on any atom is -0.416 e. The molecule has 1 N–H and O–H groups in total. The van der Waals surface area contributed by atoms with Crippen LogP contribution in [0.15, 0.2) is 4.42 Å². The maximum absolute atomic E-state index is 12.1. The van der Waals surface area contributed by atoms with Gasteiger partial charge in [0.05, 0.1) is 13.2 Å². The van der Waals surface area contributed by atoms with Gasteiger partial charge in [-0.3, -0.25) is 0 Å². The normalized spacial score (nSPS) is 23.0. The van der Waals surface area contributed by atoms with Crippen molar-refractivity contribution in [3.63, 3.8) is 0 Å². The molecule has 1 aliphatic rings. The van der Waals surface area contributed by atoms with E-state index in [9.17, 15) is 13.2 Å². The lowest BCUT2D eigenvalue weighted by Crippen LogP contribution is -2.34. The molecule has 1 saturated heterocycles. The second-order valence-electron chi connectivity index (χ2n) is 3.02. The Balaban J connectivity index is 2.12. The van der Waals surface area contributed by atoms with E-state index in [1.165, 1.54) is 0 Å². The fourth-order valence-electron chi connectivity index (χ4n) is 1.21. The molecule has 0 radical (unpaired) electrons. The van der Waals surface area contributed by atoms with Gasteiger partial charge in [-0.1, -0.05) is 0 Å². The van der Waals surface area contributed by atoms with Crippen LogP contribution in [0.1, 0.15) is 17.8 Å². The molecule has 1 fully saturated rings. The lowest BCUT2D eigenvalue weighted by molar-refractivity contribution is -0.157. The average molecular weight is 223 g/mol. The molecule has 15 heavy (non-hydrogen) atoms. The van der Waals surface area contributed by atoms with Crippen LogP contribution in [0.25, 0.3) is 0 Å². The molecule has 0 saturated carbocycles. The third-order valence-corrected chi connectivity index (χ3v) is 1.90. The molecule has 0 bridgehead atoms. The molecule has 1 unspecified atom stereocenters. The summed E-state index contributed by atoms with van der Waals surface area (Å²) in [5, 5.41) is 9.16. The van der Waals surface area contributed by atoms with Crippen LogP contribution in [0, 0.1) is 0 Å². The minimum absolute atomic E-state index is 0.0953. The minimum atomic E-state index is -4.60. The Hall–Kier alpha value is -1.15. The first-order valence-electron chi connectivity index (χ1n) is 4.29. The summed E-state index contributed by atoms with van der Waals surface area (Å²) in [4.78, 5) is 0. The summed E-state index contributed by atoms with van der Waals surface area (Å²) >= 11 is 0. The van der Waals surface area contributed by atoms with Crippen molar-refractivity contribution in [3.8, 4) is 0 Å². The van der Waals surface area contributed by atoms with Crippen LogP contribution in [0.5, 0.6) is 0 Å². The number of hydrogen-bond acceptors (Lipinski definition) is 5. The maximum Gasteiger partial charge on any atom is 0.470 e. The molecular formula is C7H8F3N3O2. The Morgan fingerprint density at radius 2 is 2.13 bits per heavy atom. The molecule has 1 aromatic rings. The van der Waals surface area contributed by atoms with Gasteiger partial charge in [0, 0.05) is 6.54 Å². The second kappa shape index (κ2) is 3.78. The van der Waals surface area contributed by atoms with Crippen molar-refractivity contribution in [3.05, 3.63) is 11.8 Å². The lowest BCUT2D eigenvalue weighted by atomic mass is 10.3. The number of hydrogen-bond donors (Lipinski definition) is 1.